The first-order valence-corrected chi connectivity index (χ1v) is 19.0. The molecule has 2 unspecified atom stereocenters. The zero-order valence-corrected chi connectivity index (χ0v) is 30.3. The molecule has 1 heterocycles. The molecule has 0 radical (unpaired) electrons. The van der Waals surface area contributed by atoms with Crippen molar-refractivity contribution in [3.05, 3.63) is 95.1 Å². The van der Waals surface area contributed by atoms with E-state index >= 15 is 0 Å². The van der Waals surface area contributed by atoms with Gasteiger partial charge in [-0.05, 0) is 87.4 Å². The Labute approximate surface area is 293 Å². The zero-order valence-electron chi connectivity index (χ0n) is 29.5. The first-order chi connectivity index (χ1) is 23.4. The lowest BCUT2D eigenvalue weighted by Crippen LogP contribution is -2.51. The molecule has 1 saturated heterocycles. The lowest BCUT2D eigenvalue weighted by molar-refractivity contribution is 0.0755. The van der Waals surface area contributed by atoms with Crippen molar-refractivity contribution in [1.82, 2.24) is 15.5 Å². The number of anilines is 1. The third-order valence-corrected chi connectivity index (χ3v) is 10.9. The second kappa shape index (κ2) is 17.4. The minimum Gasteiger partial charge on any atom is -0.497 e. The van der Waals surface area contributed by atoms with Gasteiger partial charge >= 0.3 is 0 Å². The van der Waals surface area contributed by atoms with Gasteiger partial charge in [0.1, 0.15) is 5.75 Å². The monoisotopic (exact) mass is 694 g/mol. The molecule has 4 rings (SSSR count). The molecule has 3 aromatic rings. The second-order valence-corrected chi connectivity index (χ2v) is 15.4. The maximum Gasteiger partial charge on any atom is 0.253 e. The van der Waals surface area contributed by atoms with Gasteiger partial charge in [0.15, 0.2) is 0 Å². The van der Waals surface area contributed by atoms with Crippen molar-refractivity contribution in [3.63, 3.8) is 0 Å². The lowest BCUT2D eigenvalue weighted by Gasteiger charge is -2.47. The Morgan fingerprint density at radius 2 is 1.65 bits per heavy atom. The summed E-state index contributed by atoms with van der Waals surface area (Å²) in [6.45, 7) is 9.80. The number of carbonyl (C=O) groups is 2. The summed E-state index contributed by atoms with van der Waals surface area (Å²) in [5.74, 6) is 0.294. The normalized spacial score (nSPS) is 16.4. The maximum atomic E-state index is 14.1. The van der Waals surface area contributed by atoms with Crippen LogP contribution in [0.1, 0.15) is 85.2 Å². The quantitative estimate of drug-likeness (QED) is 0.116. The van der Waals surface area contributed by atoms with Gasteiger partial charge < -0.3 is 25.4 Å². The van der Waals surface area contributed by atoms with Crippen LogP contribution in [0.15, 0.2) is 72.8 Å². The van der Waals surface area contributed by atoms with Gasteiger partial charge in [-0.2, -0.15) is 0 Å². The van der Waals surface area contributed by atoms with Gasteiger partial charge in [0.25, 0.3) is 11.8 Å². The predicted octanol–water partition coefficient (Wildman–Crippen LogP) is 6.45. The van der Waals surface area contributed by atoms with Crippen molar-refractivity contribution in [3.8, 4) is 5.75 Å². The fraction of sp³-hybridized carbons (Fsp3) is 0.474. The van der Waals surface area contributed by atoms with Gasteiger partial charge in [0.05, 0.1) is 30.7 Å². The van der Waals surface area contributed by atoms with Crippen LogP contribution >= 0.6 is 10.8 Å². The largest absolute Gasteiger partial charge is 0.497 e. The number of hydrogen-bond donors (Lipinski definition) is 5. The Hall–Kier alpha value is -3.61. The minimum atomic E-state index is -3.11. The number of methoxy groups -OCH3 is 1. The van der Waals surface area contributed by atoms with E-state index in [-0.39, 0.29) is 23.8 Å². The second-order valence-electron chi connectivity index (χ2n) is 13.3. The fourth-order valence-electron chi connectivity index (χ4n) is 6.17. The molecular weight excluding hydrogens is 641 g/mol. The summed E-state index contributed by atoms with van der Waals surface area (Å²) in [6, 6.07) is 21.6. The topological polar surface area (TPSA) is 135 Å². The third kappa shape index (κ3) is 10.2. The van der Waals surface area contributed by atoms with Crippen LogP contribution in [0, 0.1) is 0 Å². The molecule has 1 aliphatic heterocycles. The van der Waals surface area contributed by atoms with Crippen LogP contribution in [0.25, 0.3) is 0 Å². The molecule has 0 spiro atoms. The summed E-state index contributed by atoms with van der Waals surface area (Å²) in [5, 5.41) is 18.1. The summed E-state index contributed by atoms with van der Waals surface area (Å²) in [5.41, 5.74) is 2.37. The van der Waals surface area contributed by atoms with Crippen LogP contribution in [0.3, 0.4) is 0 Å². The van der Waals surface area contributed by atoms with Crippen LogP contribution in [0.4, 0.5) is 5.69 Å². The summed E-state index contributed by atoms with van der Waals surface area (Å²) in [6.07, 6.45) is 2.41. The van der Waals surface area contributed by atoms with Crippen molar-refractivity contribution in [1.29, 1.82) is 0 Å². The fourth-order valence-corrected chi connectivity index (χ4v) is 7.85. The average molecular weight is 695 g/mol. The smallest absolute Gasteiger partial charge is 0.253 e. The number of rotatable bonds is 16. The number of carbonyl (C=O) groups excluding carboxylic acids is 2. The highest BCUT2D eigenvalue weighted by molar-refractivity contribution is 8.25. The van der Waals surface area contributed by atoms with Gasteiger partial charge in [0, 0.05) is 42.8 Å². The van der Waals surface area contributed by atoms with Gasteiger partial charge in [-0.1, -0.05) is 56.3 Å². The van der Waals surface area contributed by atoms with Gasteiger partial charge in [-0.3, -0.25) is 23.0 Å². The number of hydrogen-bond acceptors (Lipinski definition) is 8. The van der Waals surface area contributed by atoms with E-state index in [1.54, 1.807) is 30.2 Å². The molecule has 5 N–H and O–H groups in total. The minimum absolute atomic E-state index is 0.184. The number of aliphatic hydroxyl groups is 1. The maximum absolute atomic E-state index is 14.1. The SMILES string of the molecule is CCCN(CCC)C(=O)c1cc(C(=O)NC(Cc2ccccc2)C(O)CNC(C)(C)c2cccc(OC)c2)cc(N2CCCCS2(O)O)c1. The summed E-state index contributed by atoms with van der Waals surface area (Å²) < 4.78 is 28.9. The highest BCUT2D eigenvalue weighted by atomic mass is 32.3. The molecule has 10 nitrogen and oxygen atoms in total. The number of ether oxygens (including phenoxy) is 1. The number of nitrogens with zero attached hydrogens (tertiary/aromatic N) is 2. The number of aliphatic hydroxyl groups excluding tert-OH is 1. The molecule has 2 amide bonds. The van der Waals surface area contributed by atoms with Gasteiger partial charge in [-0.15, -0.1) is 10.8 Å². The molecule has 1 aliphatic rings. The van der Waals surface area contributed by atoms with Crippen LogP contribution in [-0.4, -0.2) is 82.1 Å². The van der Waals surface area contributed by atoms with Crippen molar-refractivity contribution < 1.29 is 28.5 Å². The van der Waals surface area contributed by atoms with E-state index in [0.717, 1.165) is 36.1 Å². The molecule has 49 heavy (non-hydrogen) atoms. The first-order valence-electron chi connectivity index (χ1n) is 17.3. The van der Waals surface area contributed by atoms with Crippen molar-refractivity contribution in [2.24, 2.45) is 0 Å². The molecule has 11 heteroatoms. The number of benzene rings is 3. The van der Waals surface area contributed by atoms with E-state index < -0.39 is 34.4 Å². The molecule has 0 aliphatic carbocycles. The Balaban J connectivity index is 1.65. The van der Waals surface area contributed by atoms with Crippen molar-refractivity contribution in [2.75, 3.05) is 43.3 Å². The molecule has 0 saturated carbocycles. The van der Waals surface area contributed by atoms with Crippen LogP contribution in [0.5, 0.6) is 5.75 Å². The van der Waals surface area contributed by atoms with E-state index in [4.69, 9.17) is 4.74 Å². The number of nitrogens with one attached hydrogen (secondary N) is 2. The van der Waals surface area contributed by atoms with Gasteiger partial charge in [0.2, 0.25) is 0 Å². The van der Waals surface area contributed by atoms with Crippen LogP contribution in [0.2, 0.25) is 0 Å². The zero-order chi connectivity index (χ0) is 35.6. The lowest BCUT2D eigenvalue weighted by atomic mass is 9.93. The Bertz CT molecular complexity index is 1530. The summed E-state index contributed by atoms with van der Waals surface area (Å²) >= 11 is 0. The highest BCUT2D eigenvalue weighted by Gasteiger charge is 2.31. The predicted molar refractivity (Wildman–Crippen MR) is 199 cm³/mol. The molecule has 2 atom stereocenters. The van der Waals surface area contributed by atoms with Crippen LogP contribution in [-0.2, 0) is 12.0 Å². The van der Waals surface area contributed by atoms with E-state index in [1.807, 2.05) is 82.3 Å². The number of amides is 2. The standard InChI is InChI=1S/C38H54N4O6S/c1-6-18-41(19-7-2)37(45)30-23-29(24-32(25-30)42-20-11-12-21-49(42,46)47)36(44)40-34(22-28-14-9-8-10-15-28)35(43)27-39-38(3,4)31-16-13-17-33(26-31)48-5/h8-10,13-17,23-26,34-35,39,43,46-47H,6-7,11-12,18-22,27H2,1-5H3,(H,40,44). The molecular formula is C38H54N4O6S. The van der Waals surface area contributed by atoms with E-state index in [1.165, 1.54) is 4.31 Å². The Morgan fingerprint density at radius 3 is 2.31 bits per heavy atom. The van der Waals surface area contributed by atoms with E-state index in [2.05, 4.69) is 10.6 Å². The molecule has 3 aromatic carbocycles. The molecule has 0 bridgehead atoms. The molecule has 1 fully saturated rings. The first kappa shape index (κ1) is 38.2. The van der Waals surface area contributed by atoms with Crippen molar-refractivity contribution in [2.45, 2.75) is 77.5 Å². The van der Waals surface area contributed by atoms with Crippen molar-refractivity contribution >= 4 is 28.3 Å². The van der Waals surface area contributed by atoms with E-state index in [9.17, 15) is 23.8 Å². The molecule has 268 valence electrons. The van der Waals surface area contributed by atoms with Gasteiger partial charge in [-0.25, -0.2) is 0 Å². The van der Waals surface area contributed by atoms with E-state index in [0.29, 0.717) is 43.7 Å². The average Bonchev–Trinajstić information content (AvgIpc) is 3.10. The Morgan fingerprint density at radius 1 is 0.959 bits per heavy atom. The summed E-state index contributed by atoms with van der Waals surface area (Å²) in [4.78, 5) is 29.7. The highest BCUT2D eigenvalue weighted by Crippen LogP contribution is 2.49. The third-order valence-electron chi connectivity index (χ3n) is 9.00. The Kier molecular flexibility index (Phi) is 13.5. The molecule has 0 aromatic heterocycles. The van der Waals surface area contributed by atoms with Crippen LogP contribution < -0.4 is 19.7 Å². The summed E-state index contributed by atoms with van der Waals surface area (Å²) in [7, 11) is -1.48.